The van der Waals surface area contributed by atoms with Gasteiger partial charge in [-0.15, -0.1) is 0 Å². The Labute approximate surface area is 85.4 Å². The van der Waals surface area contributed by atoms with Crippen LogP contribution in [0.5, 0.6) is 0 Å². The molecular weight excluding hydrogens is 180 g/mol. The van der Waals surface area contributed by atoms with Crippen LogP contribution >= 0.6 is 0 Å². The third-order valence-corrected chi connectivity index (χ3v) is 3.13. The smallest absolute Gasteiger partial charge is 0.229 e. The molecule has 14 heavy (non-hydrogen) atoms. The van der Waals surface area contributed by atoms with E-state index >= 15 is 0 Å². The molecule has 82 valence electrons. The minimum absolute atomic E-state index is 0.184. The third kappa shape index (κ3) is 2.07. The molecule has 1 aliphatic rings. The van der Waals surface area contributed by atoms with Crippen molar-refractivity contribution in [2.24, 2.45) is 11.1 Å². The molecule has 1 rings (SSSR count). The first-order valence-corrected chi connectivity index (χ1v) is 5.11. The van der Waals surface area contributed by atoms with Crippen molar-refractivity contribution in [3.8, 4) is 0 Å². The van der Waals surface area contributed by atoms with Gasteiger partial charge >= 0.3 is 0 Å². The Morgan fingerprint density at radius 1 is 1.57 bits per heavy atom. The molecule has 0 saturated heterocycles. The third-order valence-electron chi connectivity index (χ3n) is 3.13. The molecule has 4 nitrogen and oxygen atoms in total. The first kappa shape index (κ1) is 11.5. The highest BCUT2D eigenvalue weighted by atomic mass is 16.5. The number of rotatable bonds is 5. The molecule has 0 heterocycles. The summed E-state index contributed by atoms with van der Waals surface area (Å²) in [5.74, 6) is 0.184. The van der Waals surface area contributed by atoms with Crippen LogP contribution in [0.2, 0.25) is 0 Å². The van der Waals surface area contributed by atoms with Crippen LogP contribution < -0.4 is 5.73 Å². The maximum absolute atomic E-state index is 12.0. The van der Waals surface area contributed by atoms with Gasteiger partial charge in [0.15, 0.2) is 0 Å². The Kier molecular flexibility index (Phi) is 3.89. The fourth-order valence-corrected chi connectivity index (χ4v) is 1.84. The summed E-state index contributed by atoms with van der Waals surface area (Å²) in [4.78, 5) is 13.7. The number of methoxy groups -OCH3 is 1. The first-order valence-electron chi connectivity index (χ1n) is 5.11. The predicted molar refractivity (Wildman–Crippen MR) is 54.9 cm³/mol. The van der Waals surface area contributed by atoms with E-state index in [0.717, 1.165) is 19.3 Å². The maximum atomic E-state index is 12.0. The second-order valence-electron chi connectivity index (χ2n) is 4.06. The van der Waals surface area contributed by atoms with Gasteiger partial charge in [0, 0.05) is 27.2 Å². The number of carbonyl (C=O) groups is 1. The number of ether oxygens (including phenoxy) is 1. The zero-order valence-corrected chi connectivity index (χ0v) is 9.08. The molecule has 0 unspecified atom stereocenters. The van der Waals surface area contributed by atoms with Crippen molar-refractivity contribution >= 4 is 5.91 Å². The van der Waals surface area contributed by atoms with E-state index in [0.29, 0.717) is 19.7 Å². The van der Waals surface area contributed by atoms with Gasteiger partial charge in [0.25, 0.3) is 0 Å². The Bertz CT molecular complexity index is 197. The highest BCUT2D eigenvalue weighted by Crippen LogP contribution is 2.41. The molecule has 0 aromatic rings. The summed E-state index contributed by atoms with van der Waals surface area (Å²) in [7, 11) is 3.46. The van der Waals surface area contributed by atoms with Crippen LogP contribution in [0.4, 0.5) is 0 Å². The zero-order chi connectivity index (χ0) is 10.6. The SMILES string of the molecule is COCCN(C)C(=O)C1(CN)CCC1. The standard InChI is InChI=1S/C10H20N2O2/c1-12(6-7-14-2)9(13)10(8-11)4-3-5-10/h3-8,11H2,1-2H3. The van der Waals surface area contributed by atoms with Crippen molar-refractivity contribution in [3.63, 3.8) is 0 Å². The summed E-state index contributed by atoms with van der Waals surface area (Å²) >= 11 is 0. The van der Waals surface area contributed by atoms with Gasteiger partial charge in [0.1, 0.15) is 0 Å². The molecule has 2 N–H and O–H groups in total. The lowest BCUT2D eigenvalue weighted by Gasteiger charge is -2.41. The molecule has 1 fully saturated rings. The molecule has 1 saturated carbocycles. The van der Waals surface area contributed by atoms with E-state index in [1.807, 2.05) is 7.05 Å². The summed E-state index contributed by atoms with van der Waals surface area (Å²) in [6.45, 7) is 1.71. The number of hydrogen-bond acceptors (Lipinski definition) is 3. The van der Waals surface area contributed by atoms with Crippen molar-refractivity contribution in [2.45, 2.75) is 19.3 Å². The number of nitrogens with zero attached hydrogens (tertiary/aromatic N) is 1. The lowest BCUT2D eigenvalue weighted by Crippen LogP contribution is -2.51. The molecule has 0 spiro atoms. The Morgan fingerprint density at radius 3 is 2.57 bits per heavy atom. The number of nitrogens with two attached hydrogens (primary N) is 1. The van der Waals surface area contributed by atoms with Crippen molar-refractivity contribution in [1.82, 2.24) is 4.90 Å². The van der Waals surface area contributed by atoms with Gasteiger partial charge < -0.3 is 15.4 Å². The average Bonchev–Trinajstić information content (AvgIpc) is 2.13. The molecule has 0 aromatic carbocycles. The van der Waals surface area contributed by atoms with Crippen LogP contribution in [0, 0.1) is 5.41 Å². The number of likely N-dealkylation sites (N-methyl/N-ethyl adjacent to an activating group) is 1. The summed E-state index contributed by atoms with van der Waals surface area (Å²) in [6, 6.07) is 0. The number of amides is 1. The van der Waals surface area contributed by atoms with E-state index in [1.54, 1.807) is 12.0 Å². The van der Waals surface area contributed by atoms with Crippen LogP contribution in [-0.2, 0) is 9.53 Å². The Balaban J connectivity index is 2.46. The summed E-state index contributed by atoms with van der Waals surface area (Å²) < 4.78 is 4.94. The van der Waals surface area contributed by atoms with E-state index in [9.17, 15) is 4.79 Å². The quantitative estimate of drug-likeness (QED) is 0.690. The van der Waals surface area contributed by atoms with Gasteiger partial charge in [-0.3, -0.25) is 4.79 Å². The zero-order valence-electron chi connectivity index (χ0n) is 9.08. The monoisotopic (exact) mass is 200 g/mol. The average molecular weight is 200 g/mol. The second kappa shape index (κ2) is 4.75. The van der Waals surface area contributed by atoms with Gasteiger partial charge in [0.2, 0.25) is 5.91 Å². The molecule has 0 atom stereocenters. The fourth-order valence-electron chi connectivity index (χ4n) is 1.84. The van der Waals surface area contributed by atoms with E-state index in [4.69, 9.17) is 10.5 Å². The molecule has 1 amide bonds. The minimum Gasteiger partial charge on any atom is -0.383 e. The van der Waals surface area contributed by atoms with Gasteiger partial charge in [-0.05, 0) is 12.8 Å². The lowest BCUT2D eigenvalue weighted by molar-refractivity contribution is -0.145. The van der Waals surface area contributed by atoms with Crippen LogP contribution in [0.15, 0.2) is 0 Å². The van der Waals surface area contributed by atoms with Gasteiger partial charge in [-0.25, -0.2) is 0 Å². The van der Waals surface area contributed by atoms with E-state index in [1.165, 1.54) is 0 Å². The van der Waals surface area contributed by atoms with Crippen molar-refractivity contribution in [1.29, 1.82) is 0 Å². The molecule has 1 aliphatic carbocycles. The van der Waals surface area contributed by atoms with Crippen LogP contribution in [-0.4, -0.2) is 44.7 Å². The largest absolute Gasteiger partial charge is 0.383 e. The van der Waals surface area contributed by atoms with Crippen molar-refractivity contribution in [2.75, 3.05) is 33.9 Å². The molecular formula is C10H20N2O2. The lowest BCUT2D eigenvalue weighted by atomic mass is 9.68. The number of hydrogen-bond donors (Lipinski definition) is 1. The van der Waals surface area contributed by atoms with E-state index < -0.39 is 0 Å². The normalized spacial score (nSPS) is 18.8. The van der Waals surface area contributed by atoms with Crippen LogP contribution in [0.1, 0.15) is 19.3 Å². The topological polar surface area (TPSA) is 55.6 Å². The summed E-state index contributed by atoms with van der Waals surface area (Å²) in [5, 5.41) is 0. The minimum atomic E-state index is -0.248. The van der Waals surface area contributed by atoms with Crippen LogP contribution in [0.25, 0.3) is 0 Å². The fraction of sp³-hybridized carbons (Fsp3) is 0.900. The summed E-state index contributed by atoms with van der Waals surface area (Å²) in [5.41, 5.74) is 5.41. The van der Waals surface area contributed by atoms with Gasteiger partial charge in [-0.2, -0.15) is 0 Å². The van der Waals surface area contributed by atoms with Crippen molar-refractivity contribution in [3.05, 3.63) is 0 Å². The first-order chi connectivity index (χ1) is 6.66. The van der Waals surface area contributed by atoms with E-state index in [-0.39, 0.29) is 11.3 Å². The Morgan fingerprint density at radius 2 is 2.21 bits per heavy atom. The highest BCUT2D eigenvalue weighted by Gasteiger charge is 2.44. The molecule has 4 heteroatoms. The van der Waals surface area contributed by atoms with Crippen LogP contribution in [0.3, 0.4) is 0 Å². The highest BCUT2D eigenvalue weighted by molar-refractivity contribution is 5.83. The summed E-state index contributed by atoms with van der Waals surface area (Å²) in [6.07, 6.45) is 3.01. The van der Waals surface area contributed by atoms with Gasteiger partial charge in [0.05, 0.1) is 12.0 Å². The molecule has 0 bridgehead atoms. The maximum Gasteiger partial charge on any atom is 0.229 e. The molecule has 0 radical (unpaired) electrons. The molecule has 0 aliphatic heterocycles. The Hall–Kier alpha value is -0.610. The predicted octanol–water partition coefficient (Wildman–Crippen LogP) is 0.220. The van der Waals surface area contributed by atoms with Crippen molar-refractivity contribution < 1.29 is 9.53 Å². The van der Waals surface area contributed by atoms with E-state index in [2.05, 4.69) is 0 Å². The number of carbonyl (C=O) groups excluding carboxylic acids is 1. The molecule has 0 aromatic heterocycles. The van der Waals surface area contributed by atoms with Gasteiger partial charge in [-0.1, -0.05) is 6.42 Å². The second-order valence-corrected chi connectivity index (χ2v) is 4.06.